The highest BCUT2D eigenvalue weighted by atomic mass is 16.1. The average Bonchev–Trinajstić information content (AvgIpc) is 2.68. The quantitative estimate of drug-likeness (QED) is 0.778. The number of para-hydroxylation sites is 1. The molecule has 1 unspecified atom stereocenters. The molecule has 2 N–H and O–H groups in total. The molecule has 0 aliphatic carbocycles. The third kappa shape index (κ3) is 4.85. The number of amides is 1. The van der Waals surface area contributed by atoms with Crippen molar-refractivity contribution in [1.29, 1.82) is 0 Å². The van der Waals surface area contributed by atoms with Gasteiger partial charge in [0, 0.05) is 38.3 Å². The first-order chi connectivity index (χ1) is 9.75. The van der Waals surface area contributed by atoms with Gasteiger partial charge >= 0.3 is 0 Å². The van der Waals surface area contributed by atoms with Crippen LogP contribution >= 0.6 is 0 Å². The van der Waals surface area contributed by atoms with Crippen LogP contribution in [0.1, 0.15) is 25.7 Å². The zero-order valence-electron chi connectivity index (χ0n) is 12.3. The van der Waals surface area contributed by atoms with Crippen LogP contribution in [0.3, 0.4) is 0 Å². The highest BCUT2D eigenvalue weighted by molar-refractivity contribution is 5.76. The molecule has 0 spiro atoms. The number of hydrogen-bond donors (Lipinski definition) is 2. The molecule has 1 atom stereocenters. The number of hydrogen-bond acceptors (Lipinski definition) is 3. The molecule has 0 aromatic heterocycles. The number of benzene rings is 1. The van der Waals surface area contributed by atoms with Crippen LogP contribution < -0.4 is 15.5 Å². The predicted octanol–water partition coefficient (Wildman–Crippen LogP) is 1.77. The van der Waals surface area contributed by atoms with Gasteiger partial charge in [-0.15, -0.1) is 0 Å². The number of nitrogens with one attached hydrogen (secondary N) is 2. The molecule has 1 heterocycles. The molecule has 0 saturated carbocycles. The maximum absolute atomic E-state index is 11.5. The summed E-state index contributed by atoms with van der Waals surface area (Å²) >= 11 is 0. The second-order valence-electron chi connectivity index (χ2n) is 5.46. The van der Waals surface area contributed by atoms with E-state index in [4.69, 9.17) is 0 Å². The minimum absolute atomic E-state index is 0.182. The van der Waals surface area contributed by atoms with Gasteiger partial charge in [-0.1, -0.05) is 18.2 Å². The second kappa shape index (κ2) is 7.90. The number of carbonyl (C=O) groups is 1. The van der Waals surface area contributed by atoms with Crippen molar-refractivity contribution in [2.75, 3.05) is 31.6 Å². The number of rotatable bonds is 6. The monoisotopic (exact) mass is 275 g/mol. The Labute approximate surface area is 121 Å². The normalized spacial score (nSPS) is 19.2. The molecule has 1 fully saturated rings. The second-order valence-corrected chi connectivity index (χ2v) is 5.46. The Kier molecular flexibility index (Phi) is 5.87. The number of anilines is 1. The molecule has 1 amide bonds. The van der Waals surface area contributed by atoms with Gasteiger partial charge in [0.25, 0.3) is 0 Å². The van der Waals surface area contributed by atoms with Gasteiger partial charge in [-0.3, -0.25) is 4.79 Å². The molecule has 2 rings (SSSR count). The van der Waals surface area contributed by atoms with Crippen molar-refractivity contribution in [2.45, 2.75) is 31.7 Å². The van der Waals surface area contributed by atoms with Crippen LogP contribution in [-0.4, -0.2) is 38.6 Å². The Morgan fingerprint density at radius 2 is 2.15 bits per heavy atom. The van der Waals surface area contributed by atoms with Gasteiger partial charge in [-0.05, 0) is 37.9 Å². The lowest BCUT2D eigenvalue weighted by atomic mass is 10.1. The highest BCUT2D eigenvalue weighted by Gasteiger charge is 2.16. The zero-order valence-corrected chi connectivity index (χ0v) is 12.3. The molecule has 1 saturated heterocycles. The smallest absolute Gasteiger partial charge is 0.221 e. The van der Waals surface area contributed by atoms with Gasteiger partial charge in [0.15, 0.2) is 0 Å². The van der Waals surface area contributed by atoms with Crippen molar-refractivity contribution < 1.29 is 4.79 Å². The maximum Gasteiger partial charge on any atom is 0.221 e. The van der Waals surface area contributed by atoms with E-state index >= 15 is 0 Å². The molecule has 4 heteroatoms. The van der Waals surface area contributed by atoms with Gasteiger partial charge in [0.1, 0.15) is 0 Å². The molecule has 0 bridgehead atoms. The fourth-order valence-corrected chi connectivity index (χ4v) is 2.58. The van der Waals surface area contributed by atoms with Crippen molar-refractivity contribution in [3.63, 3.8) is 0 Å². The first-order valence-electron chi connectivity index (χ1n) is 7.52. The van der Waals surface area contributed by atoms with E-state index in [0.717, 1.165) is 38.9 Å². The molecule has 4 nitrogen and oxygen atoms in total. The molecule has 1 aromatic rings. The Bertz CT molecular complexity index is 407. The summed E-state index contributed by atoms with van der Waals surface area (Å²) in [6.07, 6.45) is 3.87. The van der Waals surface area contributed by atoms with Crippen molar-refractivity contribution in [2.24, 2.45) is 0 Å². The van der Waals surface area contributed by atoms with Gasteiger partial charge in [0.2, 0.25) is 5.91 Å². The van der Waals surface area contributed by atoms with Crippen molar-refractivity contribution >= 4 is 11.6 Å². The van der Waals surface area contributed by atoms with E-state index in [1.165, 1.54) is 5.69 Å². The van der Waals surface area contributed by atoms with E-state index in [9.17, 15) is 4.79 Å². The molecule has 0 radical (unpaired) electrons. The lowest BCUT2D eigenvalue weighted by Crippen LogP contribution is -2.34. The van der Waals surface area contributed by atoms with E-state index in [1.807, 2.05) is 6.07 Å². The zero-order chi connectivity index (χ0) is 14.2. The highest BCUT2D eigenvalue weighted by Crippen LogP contribution is 2.11. The van der Waals surface area contributed by atoms with Gasteiger partial charge < -0.3 is 15.5 Å². The van der Waals surface area contributed by atoms with Crippen LogP contribution in [0.2, 0.25) is 0 Å². The first kappa shape index (κ1) is 14.9. The predicted molar refractivity (Wildman–Crippen MR) is 83.0 cm³/mol. The van der Waals surface area contributed by atoms with E-state index in [2.05, 4.69) is 46.8 Å². The third-order valence-electron chi connectivity index (χ3n) is 3.78. The van der Waals surface area contributed by atoms with E-state index < -0.39 is 0 Å². The first-order valence-corrected chi connectivity index (χ1v) is 7.52. The van der Waals surface area contributed by atoms with Crippen LogP contribution in [0, 0.1) is 0 Å². The van der Waals surface area contributed by atoms with Gasteiger partial charge in [0.05, 0.1) is 0 Å². The Morgan fingerprint density at radius 3 is 2.95 bits per heavy atom. The summed E-state index contributed by atoms with van der Waals surface area (Å²) in [5, 5.41) is 6.43. The summed E-state index contributed by atoms with van der Waals surface area (Å²) in [5.74, 6) is 0.182. The molecular formula is C16H25N3O. The summed E-state index contributed by atoms with van der Waals surface area (Å²) in [6, 6.07) is 10.8. The molecule has 1 aromatic carbocycles. The van der Waals surface area contributed by atoms with Crippen LogP contribution in [-0.2, 0) is 4.79 Å². The maximum atomic E-state index is 11.5. The standard InChI is InChI=1S/C16H25N3O/c1-19(15-8-3-2-4-9-15)12-6-11-17-14-7-5-10-18-16(20)13-14/h2-4,8-9,14,17H,5-7,10-13H2,1H3,(H,18,20). The van der Waals surface area contributed by atoms with Crippen molar-refractivity contribution in [3.05, 3.63) is 30.3 Å². The van der Waals surface area contributed by atoms with Crippen molar-refractivity contribution in [1.82, 2.24) is 10.6 Å². The summed E-state index contributed by atoms with van der Waals surface area (Å²) in [7, 11) is 2.12. The largest absolute Gasteiger partial charge is 0.375 e. The topological polar surface area (TPSA) is 44.4 Å². The lowest BCUT2D eigenvalue weighted by molar-refractivity contribution is -0.121. The van der Waals surface area contributed by atoms with E-state index in [0.29, 0.717) is 12.5 Å². The number of nitrogens with zero attached hydrogens (tertiary/aromatic N) is 1. The van der Waals surface area contributed by atoms with Gasteiger partial charge in [-0.25, -0.2) is 0 Å². The van der Waals surface area contributed by atoms with Crippen LogP contribution in [0.25, 0.3) is 0 Å². The fraction of sp³-hybridized carbons (Fsp3) is 0.562. The van der Waals surface area contributed by atoms with Crippen LogP contribution in [0.15, 0.2) is 30.3 Å². The average molecular weight is 275 g/mol. The van der Waals surface area contributed by atoms with Crippen molar-refractivity contribution in [3.8, 4) is 0 Å². The summed E-state index contributed by atoms with van der Waals surface area (Å²) in [5.41, 5.74) is 1.25. The van der Waals surface area contributed by atoms with Crippen LogP contribution in [0.5, 0.6) is 0 Å². The summed E-state index contributed by atoms with van der Waals surface area (Å²) < 4.78 is 0. The summed E-state index contributed by atoms with van der Waals surface area (Å²) in [4.78, 5) is 13.7. The third-order valence-corrected chi connectivity index (χ3v) is 3.78. The fourth-order valence-electron chi connectivity index (χ4n) is 2.58. The Morgan fingerprint density at radius 1 is 1.35 bits per heavy atom. The van der Waals surface area contributed by atoms with Gasteiger partial charge in [-0.2, -0.15) is 0 Å². The van der Waals surface area contributed by atoms with Crippen LogP contribution in [0.4, 0.5) is 5.69 Å². The van der Waals surface area contributed by atoms with E-state index in [-0.39, 0.29) is 5.91 Å². The molecule has 1 aliphatic rings. The SMILES string of the molecule is CN(CCCNC1CCCNC(=O)C1)c1ccccc1. The Hall–Kier alpha value is -1.55. The number of carbonyl (C=O) groups excluding carboxylic acids is 1. The molecular weight excluding hydrogens is 250 g/mol. The summed E-state index contributed by atoms with van der Waals surface area (Å²) in [6.45, 7) is 2.82. The minimum atomic E-state index is 0.182. The minimum Gasteiger partial charge on any atom is -0.375 e. The van der Waals surface area contributed by atoms with E-state index in [1.54, 1.807) is 0 Å². The Balaban J connectivity index is 1.64. The molecule has 1 aliphatic heterocycles. The molecule has 110 valence electrons. The lowest BCUT2D eigenvalue weighted by Gasteiger charge is -2.20. The molecule has 20 heavy (non-hydrogen) atoms.